The van der Waals surface area contributed by atoms with Crippen LogP contribution in [0.1, 0.15) is 12.8 Å². The van der Waals surface area contributed by atoms with Crippen LogP contribution in [0.25, 0.3) is 0 Å². The first-order valence-electron chi connectivity index (χ1n) is 8.17. The largest absolute Gasteiger partial charge is 0.454 e. The van der Waals surface area contributed by atoms with Gasteiger partial charge in [-0.25, -0.2) is 4.39 Å². The van der Waals surface area contributed by atoms with E-state index in [0.717, 1.165) is 4.90 Å². The number of rotatable bonds is 5. The van der Waals surface area contributed by atoms with Gasteiger partial charge in [-0.15, -0.1) is 0 Å². The Labute approximate surface area is 148 Å². The highest BCUT2D eigenvalue weighted by Gasteiger charge is 2.47. The molecule has 0 bridgehead atoms. The number of imide groups is 1. The number of esters is 1. The highest BCUT2D eigenvalue weighted by Crippen LogP contribution is 2.34. The van der Waals surface area contributed by atoms with Crippen molar-refractivity contribution < 1.29 is 28.3 Å². The van der Waals surface area contributed by atoms with E-state index in [1.165, 1.54) is 24.3 Å². The first-order valence-corrected chi connectivity index (χ1v) is 8.17. The summed E-state index contributed by atoms with van der Waals surface area (Å²) in [4.78, 5) is 49.0. The number of nitrogens with one attached hydrogen (secondary N) is 1. The van der Waals surface area contributed by atoms with Gasteiger partial charge in [0, 0.05) is 5.69 Å². The second kappa shape index (κ2) is 7.47. The normalized spacial score (nSPS) is 21.5. The SMILES string of the molecule is O=C(COC(=O)CN1C(=O)[C@H]2CC=CC[C@H]2C1=O)Nc1ccc(F)cc1. The topological polar surface area (TPSA) is 92.8 Å². The van der Waals surface area contributed by atoms with Crippen LogP contribution in [-0.2, 0) is 23.9 Å². The quantitative estimate of drug-likeness (QED) is 0.485. The molecule has 1 aliphatic heterocycles. The number of likely N-dealkylation sites (tertiary alicyclic amines) is 1. The van der Waals surface area contributed by atoms with E-state index >= 15 is 0 Å². The zero-order chi connectivity index (χ0) is 18.7. The fraction of sp³-hybridized carbons (Fsp3) is 0.333. The maximum absolute atomic E-state index is 12.8. The monoisotopic (exact) mass is 360 g/mol. The van der Waals surface area contributed by atoms with Crippen LogP contribution in [0.15, 0.2) is 36.4 Å². The number of anilines is 1. The van der Waals surface area contributed by atoms with Gasteiger partial charge in [-0.3, -0.25) is 24.1 Å². The minimum absolute atomic E-state index is 0.355. The van der Waals surface area contributed by atoms with E-state index in [1.807, 2.05) is 12.2 Å². The fourth-order valence-electron chi connectivity index (χ4n) is 3.08. The van der Waals surface area contributed by atoms with E-state index in [-0.39, 0.29) is 11.8 Å². The number of halogens is 1. The molecule has 1 aliphatic carbocycles. The van der Waals surface area contributed by atoms with E-state index in [0.29, 0.717) is 18.5 Å². The Kier molecular flexibility index (Phi) is 5.11. The van der Waals surface area contributed by atoms with Crippen LogP contribution in [0.2, 0.25) is 0 Å². The molecule has 7 nitrogen and oxygen atoms in total. The molecule has 0 saturated carbocycles. The second-order valence-electron chi connectivity index (χ2n) is 6.13. The van der Waals surface area contributed by atoms with Gasteiger partial charge in [0.25, 0.3) is 5.91 Å². The second-order valence-corrected chi connectivity index (χ2v) is 6.13. The van der Waals surface area contributed by atoms with Gasteiger partial charge < -0.3 is 10.1 Å². The maximum atomic E-state index is 12.8. The van der Waals surface area contributed by atoms with Gasteiger partial charge >= 0.3 is 5.97 Å². The smallest absolute Gasteiger partial charge is 0.326 e. The Morgan fingerprint density at radius 2 is 1.65 bits per heavy atom. The summed E-state index contributed by atoms with van der Waals surface area (Å²) in [5.74, 6) is -3.47. The van der Waals surface area contributed by atoms with Crippen molar-refractivity contribution in [3.05, 3.63) is 42.2 Å². The zero-order valence-corrected chi connectivity index (χ0v) is 13.8. The number of allylic oxidation sites excluding steroid dienone is 2. The molecule has 1 heterocycles. The number of fused-ring (bicyclic) bond motifs is 1. The van der Waals surface area contributed by atoms with Crippen molar-refractivity contribution in [2.24, 2.45) is 11.8 Å². The van der Waals surface area contributed by atoms with E-state index < -0.39 is 42.7 Å². The summed E-state index contributed by atoms with van der Waals surface area (Å²) < 4.78 is 17.6. The lowest BCUT2D eigenvalue weighted by Crippen LogP contribution is -2.37. The number of amides is 3. The molecule has 2 atom stereocenters. The van der Waals surface area contributed by atoms with Crippen LogP contribution >= 0.6 is 0 Å². The Balaban J connectivity index is 1.48. The molecule has 3 rings (SSSR count). The summed E-state index contributed by atoms with van der Waals surface area (Å²) in [5, 5.41) is 2.44. The Morgan fingerprint density at radius 3 is 2.23 bits per heavy atom. The minimum atomic E-state index is -0.840. The molecular weight excluding hydrogens is 343 g/mol. The molecule has 3 amide bonds. The Morgan fingerprint density at radius 1 is 1.08 bits per heavy atom. The minimum Gasteiger partial charge on any atom is -0.454 e. The van der Waals surface area contributed by atoms with Gasteiger partial charge in [-0.1, -0.05) is 12.2 Å². The van der Waals surface area contributed by atoms with E-state index in [1.54, 1.807) is 0 Å². The van der Waals surface area contributed by atoms with Gasteiger partial charge in [0.1, 0.15) is 12.4 Å². The summed E-state index contributed by atoms with van der Waals surface area (Å²) in [6, 6.07) is 5.10. The molecular formula is C18H17FN2O5. The van der Waals surface area contributed by atoms with Crippen molar-refractivity contribution in [2.75, 3.05) is 18.5 Å². The lowest BCUT2D eigenvalue weighted by molar-refractivity contribution is -0.154. The van der Waals surface area contributed by atoms with Crippen LogP contribution in [0.4, 0.5) is 10.1 Å². The van der Waals surface area contributed by atoms with Gasteiger partial charge in [0.05, 0.1) is 11.8 Å². The van der Waals surface area contributed by atoms with E-state index in [2.05, 4.69) is 5.32 Å². The van der Waals surface area contributed by atoms with E-state index in [4.69, 9.17) is 4.74 Å². The first-order chi connectivity index (χ1) is 12.5. The van der Waals surface area contributed by atoms with Crippen molar-refractivity contribution in [3.8, 4) is 0 Å². The summed E-state index contributed by atoms with van der Waals surface area (Å²) in [5.41, 5.74) is 0.355. The molecule has 0 spiro atoms. The molecule has 2 aliphatic rings. The molecule has 0 radical (unpaired) electrons. The molecule has 1 N–H and O–H groups in total. The molecule has 1 aromatic carbocycles. The van der Waals surface area contributed by atoms with Gasteiger partial charge in [-0.2, -0.15) is 0 Å². The molecule has 1 fully saturated rings. The fourth-order valence-corrected chi connectivity index (χ4v) is 3.08. The average molecular weight is 360 g/mol. The lowest BCUT2D eigenvalue weighted by atomic mass is 9.85. The van der Waals surface area contributed by atoms with Crippen molar-refractivity contribution in [1.82, 2.24) is 4.90 Å². The predicted molar refractivity (Wildman–Crippen MR) is 88.1 cm³/mol. The number of benzene rings is 1. The number of ether oxygens (including phenoxy) is 1. The zero-order valence-electron chi connectivity index (χ0n) is 13.8. The van der Waals surface area contributed by atoms with E-state index in [9.17, 15) is 23.6 Å². The summed E-state index contributed by atoms with van der Waals surface area (Å²) in [6.45, 7) is -1.07. The number of carbonyl (C=O) groups is 4. The molecule has 26 heavy (non-hydrogen) atoms. The van der Waals surface area contributed by atoms with Crippen molar-refractivity contribution in [3.63, 3.8) is 0 Å². The summed E-state index contributed by atoms with van der Waals surface area (Å²) in [7, 11) is 0. The van der Waals surface area contributed by atoms with Gasteiger partial charge in [0.15, 0.2) is 6.61 Å². The molecule has 8 heteroatoms. The third-order valence-electron chi connectivity index (χ3n) is 4.38. The maximum Gasteiger partial charge on any atom is 0.326 e. The van der Waals surface area contributed by atoms with Crippen LogP contribution in [0, 0.1) is 17.7 Å². The van der Waals surface area contributed by atoms with Gasteiger partial charge in [-0.05, 0) is 37.1 Å². The van der Waals surface area contributed by atoms with Crippen LogP contribution in [0.5, 0.6) is 0 Å². The van der Waals surface area contributed by atoms with Crippen LogP contribution in [-0.4, -0.2) is 41.7 Å². The standard InChI is InChI=1S/C18H17FN2O5/c19-11-5-7-12(8-6-11)20-15(22)10-26-16(23)9-21-17(24)13-3-1-2-4-14(13)18(21)25/h1-2,5-8,13-14H,3-4,9-10H2,(H,20,22)/t13-,14+. The van der Waals surface area contributed by atoms with Crippen molar-refractivity contribution >= 4 is 29.4 Å². The highest BCUT2D eigenvalue weighted by molar-refractivity contribution is 6.07. The van der Waals surface area contributed by atoms with Gasteiger partial charge in [0.2, 0.25) is 11.8 Å². The predicted octanol–water partition coefficient (Wildman–Crippen LogP) is 1.26. The summed E-state index contributed by atoms with van der Waals surface area (Å²) >= 11 is 0. The average Bonchev–Trinajstić information content (AvgIpc) is 2.87. The number of carbonyl (C=O) groups excluding carboxylic acids is 4. The first kappa shape index (κ1) is 17.8. The number of hydrogen-bond donors (Lipinski definition) is 1. The summed E-state index contributed by atoms with van der Waals surface area (Å²) in [6.07, 6.45) is 4.68. The van der Waals surface area contributed by atoms with Crippen LogP contribution < -0.4 is 5.32 Å². The molecule has 1 aromatic rings. The lowest BCUT2D eigenvalue weighted by Gasteiger charge is -2.14. The van der Waals surface area contributed by atoms with Crippen molar-refractivity contribution in [2.45, 2.75) is 12.8 Å². The Bertz CT molecular complexity index is 748. The van der Waals surface area contributed by atoms with Crippen molar-refractivity contribution in [1.29, 1.82) is 0 Å². The number of hydrogen-bond acceptors (Lipinski definition) is 5. The molecule has 0 unspecified atom stereocenters. The number of nitrogens with zero attached hydrogens (tertiary/aromatic N) is 1. The molecule has 0 aromatic heterocycles. The molecule has 1 saturated heterocycles. The third kappa shape index (κ3) is 3.79. The Hall–Kier alpha value is -3.03. The highest BCUT2D eigenvalue weighted by atomic mass is 19.1. The van der Waals surface area contributed by atoms with Crippen LogP contribution in [0.3, 0.4) is 0 Å². The third-order valence-corrected chi connectivity index (χ3v) is 4.38. The molecule has 136 valence electrons.